The second-order valence-electron chi connectivity index (χ2n) is 7.22. The minimum absolute atomic E-state index is 0.0673. The van der Waals surface area contributed by atoms with Crippen molar-refractivity contribution in [2.45, 2.75) is 58.0 Å². The molecule has 0 radical (unpaired) electrons. The minimum atomic E-state index is -3.18. The molecule has 0 N–H and O–H groups in total. The van der Waals surface area contributed by atoms with Gasteiger partial charge in [-0.2, -0.15) is 0 Å². The van der Waals surface area contributed by atoms with E-state index < -0.39 is 15.6 Å². The molecule has 0 unspecified atom stereocenters. The lowest BCUT2D eigenvalue weighted by Crippen LogP contribution is -2.43. The molecule has 140 valence electrons. The fraction of sp³-hybridized carbons (Fsp3) is 0.722. The van der Waals surface area contributed by atoms with Gasteiger partial charge < -0.3 is 9.15 Å². The van der Waals surface area contributed by atoms with Gasteiger partial charge in [-0.05, 0) is 38.5 Å². The van der Waals surface area contributed by atoms with Gasteiger partial charge in [0, 0.05) is 19.2 Å². The Morgan fingerprint density at radius 2 is 1.80 bits per heavy atom. The zero-order chi connectivity index (χ0) is 17.9. The maximum atomic E-state index is 12.6. The third kappa shape index (κ3) is 5.07. The van der Waals surface area contributed by atoms with Crippen molar-refractivity contribution in [2.75, 3.05) is 18.8 Å². The number of sulfonamides is 1. The Morgan fingerprint density at radius 1 is 1.12 bits per heavy atom. The first-order valence-electron chi connectivity index (χ1n) is 9.19. The van der Waals surface area contributed by atoms with Gasteiger partial charge in [0.05, 0.1) is 11.8 Å². The first kappa shape index (κ1) is 18.5. The highest BCUT2D eigenvalue weighted by Crippen LogP contribution is 2.27. The first-order chi connectivity index (χ1) is 11.9. The minimum Gasteiger partial charge on any atom is -0.490 e. The number of nitrogens with zero attached hydrogens (tertiary/aromatic N) is 1. The summed E-state index contributed by atoms with van der Waals surface area (Å²) in [6.07, 6.45) is 6.83. The number of rotatable bonds is 5. The Morgan fingerprint density at radius 3 is 2.44 bits per heavy atom. The van der Waals surface area contributed by atoms with Crippen LogP contribution in [0.4, 0.5) is 0 Å². The molecule has 1 saturated heterocycles. The van der Waals surface area contributed by atoms with Crippen LogP contribution < -0.4 is 10.4 Å². The molecule has 0 amide bonds. The molecule has 0 atom stereocenters. The summed E-state index contributed by atoms with van der Waals surface area (Å²) in [7, 11) is -3.18. The summed E-state index contributed by atoms with van der Waals surface area (Å²) in [4.78, 5) is 11.4. The Hall–Kier alpha value is -1.34. The number of aryl methyl sites for hydroxylation is 1. The number of piperidine rings is 1. The van der Waals surface area contributed by atoms with Crippen LogP contribution in [0.2, 0.25) is 0 Å². The van der Waals surface area contributed by atoms with Crippen LogP contribution in [-0.4, -0.2) is 37.7 Å². The van der Waals surface area contributed by atoms with E-state index in [1.807, 2.05) is 0 Å². The molecule has 6 nitrogen and oxygen atoms in total. The standard InChI is InChI=1S/C18H27NO5S/c1-14-11-17(12-18(20)23-14)24-16-7-9-19(10-8-16)25(21,22)13-15-5-3-2-4-6-15/h11-12,15-16H,2-10,13H2,1H3. The van der Waals surface area contributed by atoms with Crippen LogP contribution in [0.1, 0.15) is 50.7 Å². The van der Waals surface area contributed by atoms with Crippen molar-refractivity contribution in [1.82, 2.24) is 4.31 Å². The van der Waals surface area contributed by atoms with Gasteiger partial charge in [0.25, 0.3) is 0 Å². The lowest BCUT2D eigenvalue weighted by molar-refractivity contribution is 0.133. The third-order valence-electron chi connectivity index (χ3n) is 5.14. The fourth-order valence-electron chi connectivity index (χ4n) is 3.82. The molecule has 1 aromatic rings. The van der Waals surface area contributed by atoms with E-state index in [-0.39, 0.29) is 11.9 Å². The fourth-order valence-corrected chi connectivity index (χ4v) is 5.73. The van der Waals surface area contributed by atoms with Crippen LogP contribution >= 0.6 is 0 Å². The van der Waals surface area contributed by atoms with E-state index in [2.05, 4.69) is 0 Å². The highest BCUT2D eigenvalue weighted by atomic mass is 32.2. The van der Waals surface area contributed by atoms with Gasteiger partial charge >= 0.3 is 5.63 Å². The molecule has 1 aliphatic carbocycles. The van der Waals surface area contributed by atoms with E-state index in [1.54, 1.807) is 17.3 Å². The summed E-state index contributed by atoms with van der Waals surface area (Å²) in [5, 5.41) is 0. The molecule has 2 fully saturated rings. The molecular formula is C18H27NO5S. The van der Waals surface area contributed by atoms with E-state index >= 15 is 0 Å². The van der Waals surface area contributed by atoms with Gasteiger partial charge in [0.15, 0.2) is 0 Å². The molecule has 0 bridgehead atoms. The van der Waals surface area contributed by atoms with Crippen molar-refractivity contribution >= 4 is 10.0 Å². The molecule has 3 rings (SSSR count). The van der Waals surface area contributed by atoms with Crippen molar-refractivity contribution in [3.8, 4) is 5.75 Å². The van der Waals surface area contributed by atoms with Crippen LogP contribution in [0, 0.1) is 12.8 Å². The van der Waals surface area contributed by atoms with E-state index in [1.165, 1.54) is 12.5 Å². The molecule has 2 heterocycles. The predicted octanol–water partition coefficient (Wildman–Crippen LogP) is 2.70. The average molecular weight is 369 g/mol. The Labute approximate surface area is 149 Å². The highest BCUT2D eigenvalue weighted by Gasteiger charge is 2.31. The van der Waals surface area contributed by atoms with Crippen LogP contribution in [0.3, 0.4) is 0 Å². The van der Waals surface area contributed by atoms with Gasteiger partial charge in [-0.15, -0.1) is 0 Å². The Kier molecular flexibility index (Phi) is 5.84. The van der Waals surface area contributed by atoms with E-state index in [0.717, 1.165) is 25.7 Å². The molecule has 0 spiro atoms. The van der Waals surface area contributed by atoms with Crippen LogP contribution in [0.5, 0.6) is 5.75 Å². The first-order valence-corrected chi connectivity index (χ1v) is 10.8. The van der Waals surface area contributed by atoms with E-state index in [9.17, 15) is 13.2 Å². The molecule has 1 saturated carbocycles. The van der Waals surface area contributed by atoms with Crippen molar-refractivity contribution in [2.24, 2.45) is 5.92 Å². The van der Waals surface area contributed by atoms with Gasteiger partial charge in [-0.1, -0.05) is 19.3 Å². The summed E-state index contributed by atoms with van der Waals surface area (Å²) < 4.78 is 37.7. The topological polar surface area (TPSA) is 76.8 Å². The predicted molar refractivity (Wildman–Crippen MR) is 95.3 cm³/mol. The van der Waals surface area contributed by atoms with Crippen LogP contribution in [0.25, 0.3) is 0 Å². The normalized spacial score (nSPS) is 21.3. The van der Waals surface area contributed by atoms with Crippen molar-refractivity contribution in [1.29, 1.82) is 0 Å². The number of ether oxygens (including phenoxy) is 1. The SMILES string of the molecule is Cc1cc(OC2CCN(S(=O)(=O)CC3CCCCC3)CC2)cc(=O)o1. The lowest BCUT2D eigenvalue weighted by atomic mass is 9.91. The van der Waals surface area contributed by atoms with Crippen LogP contribution in [0.15, 0.2) is 21.3 Å². The zero-order valence-electron chi connectivity index (χ0n) is 14.8. The number of hydrogen-bond acceptors (Lipinski definition) is 5. The molecule has 1 aromatic heterocycles. The highest BCUT2D eigenvalue weighted by molar-refractivity contribution is 7.89. The summed E-state index contributed by atoms with van der Waals surface area (Å²) in [5.41, 5.74) is -0.428. The molecule has 2 aliphatic rings. The summed E-state index contributed by atoms with van der Waals surface area (Å²) in [5.74, 6) is 1.61. The monoisotopic (exact) mass is 369 g/mol. The zero-order valence-corrected chi connectivity index (χ0v) is 15.6. The van der Waals surface area contributed by atoms with Crippen LogP contribution in [-0.2, 0) is 10.0 Å². The molecular weight excluding hydrogens is 342 g/mol. The molecule has 1 aliphatic heterocycles. The largest absolute Gasteiger partial charge is 0.490 e. The quantitative estimate of drug-likeness (QED) is 0.797. The smallest absolute Gasteiger partial charge is 0.339 e. The van der Waals surface area contributed by atoms with Gasteiger partial charge in [-0.25, -0.2) is 17.5 Å². The van der Waals surface area contributed by atoms with Gasteiger partial charge in [0.1, 0.15) is 17.6 Å². The van der Waals surface area contributed by atoms with Gasteiger partial charge in [0.2, 0.25) is 10.0 Å². The van der Waals surface area contributed by atoms with E-state index in [0.29, 0.717) is 43.4 Å². The second-order valence-corrected chi connectivity index (χ2v) is 9.24. The number of hydrogen-bond donors (Lipinski definition) is 0. The second kappa shape index (κ2) is 7.91. The Bertz CT molecular complexity index is 728. The summed E-state index contributed by atoms with van der Waals surface area (Å²) in [6, 6.07) is 3.02. The third-order valence-corrected chi connectivity index (χ3v) is 7.18. The van der Waals surface area contributed by atoms with Crippen molar-refractivity contribution in [3.63, 3.8) is 0 Å². The molecule has 7 heteroatoms. The maximum Gasteiger partial charge on any atom is 0.339 e. The Balaban J connectivity index is 1.53. The average Bonchev–Trinajstić information content (AvgIpc) is 2.55. The van der Waals surface area contributed by atoms with Crippen molar-refractivity contribution in [3.05, 3.63) is 28.3 Å². The van der Waals surface area contributed by atoms with Crippen molar-refractivity contribution < 1.29 is 17.6 Å². The van der Waals surface area contributed by atoms with E-state index in [4.69, 9.17) is 9.15 Å². The maximum absolute atomic E-state index is 12.6. The summed E-state index contributed by atoms with van der Waals surface area (Å²) in [6.45, 7) is 2.68. The summed E-state index contributed by atoms with van der Waals surface area (Å²) >= 11 is 0. The van der Waals surface area contributed by atoms with Gasteiger partial charge in [-0.3, -0.25) is 0 Å². The molecule has 25 heavy (non-hydrogen) atoms. The molecule has 0 aromatic carbocycles. The lowest BCUT2D eigenvalue weighted by Gasteiger charge is -2.33.